The van der Waals surface area contributed by atoms with Gasteiger partial charge in [0.2, 0.25) is 17.7 Å². The topological polar surface area (TPSA) is 191 Å². The van der Waals surface area contributed by atoms with Crippen LogP contribution in [-0.2, 0) is 59.1 Å². The first-order valence-corrected chi connectivity index (χ1v) is 22.6. The standard InChI is InChI=1S/C52H51N5O10/c58-43(33-67-25-24-66-23-22-65-21-3-5-39-4-1-6-44-49(39)52(64)57(51(44)63)45-18-19-47(60)55-50(45)62)28-34-8-10-38(11-9-34)46(59)29-36-26-35(30-53-31-36)27-41-15-12-40(32-54-41)37-13-16-42(17-14-37)56-20-2-7-48(56)61/h1,4,6,8-17,26,30-32,45H,2-3,5,7,18-25,27-29,33H2,(H,55,60,62). The number of ether oxygens (including phenoxy) is 3. The maximum atomic E-state index is 13.3. The summed E-state index contributed by atoms with van der Waals surface area (Å²) in [6.07, 6.45) is 8.98. The van der Waals surface area contributed by atoms with E-state index in [-0.39, 0.29) is 68.5 Å². The van der Waals surface area contributed by atoms with Crippen LogP contribution in [0.1, 0.15) is 91.1 Å². The Hall–Kier alpha value is -7.07. The maximum absolute atomic E-state index is 13.3. The number of hydrogen-bond acceptors (Lipinski definition) is 12. The minimum Gasteiger partial charge on any atom is -0.379 e. The largest absolute Gasteiger partial charge is 0.379 e. The maximum Gasteiger partial charge on any atom is 0.262 e. The fourth-order valence-corrected chi connectivity index (χ4v) is 8.56. The zero-order chi connectivity index (χ0) is 46.7. The van der Waals surface area contributed by atoms with Crippen LogP contribution in [0, 0.1) is 0 Å². The van der Waals surface area contributed by atoms with E-state index in [4.69, 9.17) is 14.2 Å². The SMILES string of the molecule is O=C(COCCOCCOCCCc1cccc2c1C(=O)N(C1CCC(=O)NC1=O)C2=O)Cc1ccc(C(=O)Cc2cncc(Cc3ccc(-c4ccc(N5CCCC5=O)cc4)cn3)c2)cc1. The first-order valence-electron chi connectivity index (χ1n) is 22.6. The summed E-state index contributed by atoms with van der Waals surface area (Å²) >= 11 is 0. The van der Waals surface area contributed by atoms with Gasteiger partial charge in [0.1, 0.15) is 12.6 Å². The van der Waals surface area contributed by atoms with Gasteiger partial charge in [-0.3, -0.25) is 53.7 Å². The minimum atomic E-state index is -1.01. The van der Waals surface area contributed by atoms with Crippen molar-refractivity contribution in [3.63, 3.8) is 0 Å². The van der Waals surface area contributed by atoms with Gasteiger partial charge in [0.25, 0.3) is 11.8 Å². The molecular weight excluding hydrogens is 855 g/mol. The molecule has 344 valence electrons. The number of amides is 5. The van der Waals surface area contributed by atoms with E-state index in [1.54, 1.807) is 54.9 Å². The fraction of sp³-hybridized carbons (Fsp3) is 0.327. The first kappa shape index (κ1) is 46.5. The Morgan fingerprint density at radius 3 is 2.19 bits per heavy atom. The number of hydrogen-bond donors (Lipinski definition) is 1. The van der Waals surface area contributed by atoms with E-state index in [0.717, 1.165) is 57.1 Å². The molecule has 1 N–H and O–H groups in total. The van der Waals surface area contributed by atoms with Crippen molar-refractivity contribution in [3.05, 3.63) is 148 Å². The minimum absolute atomic E-state index is 0.0544. The molecule has 8 rings (SSSR count). The molecule has 5 aromatic rings. The highest BCUT2D eigenvalue weighted by Crippen LogP contribution is 2.31. The third-order valence-corrected chi connectivity index (χ3v) is 12.0. The number of Topliss-reactive ketones (excluding diaryl/α,β-unsaturated/α-hetero) is 2. The normalized spacial score (nSPS) is 15.9. The van der Waals surface area contributed by atoms with Gasteiger partial charge in [-0.05, 0) is 77.8 Å². The molecule has 3 aliphatic rings. The molecule has 1 atom stereocenters. The van der Waals surface area contributed by atoms with Gasteiger partial charge in [0, 0.05) is 86.4 Å². The molecule has 0 aliphatic carbocycles. The van der Waals surface area contributed by atoms with Crippen LogP contribution in [0.5, 0.6) is 0 Å². The second kappa shape index (κ2) is 21.9. The zero-order valence-electron chi connectivity index (χ0n) is 37.1. The number of ketones is 2. The van der Waals surface area contributed by atoms with Gasteiger partial charge < -0.3 is 19.1 Å². The van der Waals surface area contributed by atoms with Crippen molar-refractivity contribution < 1.29 is 47.8 Å². The quantitative estimate of drug-likeness (QED) is 0.0524. The third kappa shape index (κ3) is 11.7. The number of anilines is 1. The number of aromatic nitrogens is 2. The molecule has 2 saturated heterocycles. The van der Waals surface area contributed by atoms with Crippen LogP contribution in [-0.4, -0.2) is 108 Å². The lowest BCUT2D eigenvalue weighted by molar-refractivity contribution is -0.136. The second-order valence-electron chi connectivity index (χ2n) is 16.8. The van der Waals surface area contributed by atoms with E-state index in [1.807, 2.05) is 53.6 Å². The van der Waals surface area contributed by atoms with E-state index in [9.17, 15) is 33.6 Å². The Balaban J connectivity index is 0.682. The molecule has 67 heavy (non-hydrogen) atoms. The summed E-state index contributed by atoms with van der Waals surface area (Å²) in [6, 6.07) is 25.1. The highest BCUT2D eigenvalue weighted by atomic mass is 16.5. The molecule has 3 aliphatic heterocycles. The number of benzene rings is 3. The van der Waals surface area contributed by atoms with Gasteiger partial charge >= 0.3 is 0 Å². The number of fused-ring (bicyclic) bond motifs is 1. The summed E-state index contributed by atoms with van der Waals surface area (Å²) in [6.45, 7) is 2.28. The number of nitrogens with zero attached hydrogens (tertiary/aromatic N) is 4. The lowest BCUT2D eigenvalue weighted by Crippen LogP contribution is -2.54. The van der Waals surface area contributed by atoms with Crippen molar-refractivity contribution in [2.75, 3.05) is 51.1 Å². The Bertz CT molecular complexity index is 2650. The monoisotopic (exact) mass is 905 g/mol. The van der Waals surface area contributed by atoms with Crippen molar-refractivity contribution in [1.29, 1.82) is 0 Å². The number of carbonyl (C=O) groups excluding carboxylic acids is 7. The summed E-state index contributed by atoms with van der Waals surface area (Å²) in [5, 5.41) is 2.21. The van der Waals surface area contributed by atoms with Gasteiger partial charge in [0.05, 0.1) is 37.6 Å². The van der Waals surface area contributed by atoms with E-state index in [1.165, 1.54) is 0 Å². The predicted molar refractivity (Wildman–Crippen MR) is 245 cm³/mol. The molecule has 2 fully saturated rings. The van der Waals surface area contributed by atoms with Crippen LogP contribution in [0.15, 0.2) is 104 Å². The molecule has 0 radical (unpaired) electrons. The molecule has 3 aromatic carbocycles. The fourth-order valence-electron chi connectivity index (χ4n) is 8.56. The van der Waals surface area contributed by atoms with E-state index in [2.05, 4.69) is 15.3 Å². The van der Waals surface area contributed by atoms with E-state index >= 15 is 0 Å². The van der Waals surface area contributed by atoms with Crippen LogP contribution in [0.4, 0.5) is 5.69 Å². The zero-order valence-corrected chi connectivity index (χ0v) is 37.1. The van der Waals surface area contributed by atoms with Crippen LogP contribution in [0.2, 0.25) is 0 Å². The lowest BCUT2D eigenvalue weighted by Gasteiger charge is -2.27. The number of rotatable bonds is 22. The van der Waals surface area contributed by atoms with Crippen LogP contribution in [0.25, 0.3) is 11.1 Å². The first-order chi connectivity index (χ1) is 32.6. The van der Waals surface area contributed by atoms with Gasteiger partial charge in [0.15, 0.2) is 11.6 Å². The van der Waals surface area contributed by atoms with Gasteiger partial charge in [-0.2, -0.15) is 0 Å². The number of aryl methyl sites for hydroxylation is 1. The molecule has 0 spiro atoms. The average molecular weight is 906 g/mol. The third-order valence-electron chi connectivity index (χ3n) is 12.0. The highest BCUT2D eigenvalue weighted by molar-refractivity contribution is 6.24. The number of pyridine rings is 2. The second-order valence-corrected chi connectivity index (χ2v) is 16.8. The Labute approximate surface area is 387 Å². The van der Waals surface area contributed by atoms with Crippen molar-refractivity contribution >= 4 is 46.8 Å². The number of imide groups is 2. The number of carbonyl (C=O) groups is 7. The predicted octanol–water partition coefficient (Wildman–Crippen LogP) is 5.48. The van der Waals surface area contributed by atoms with E-state index in [0.29, 0.717) is 62.2 Å². The Morgan fingerprint density at radius 1 is 0.716 bits per heavy atom. The molecule has 0 bridgehead atoms. The molecule has 5 amide bonds. The molecule has 5 heterocycles. The molecule has 15 nitrogen and oxygen atoms in total. The van der Waals surface area contributed by atoms with Crippen molar-refractivity contribution in [2.45, 2.75) is 63.8 Å². The molecule has 2 aromatic heterocycles. The van der Waals surface area contributed by atoms with E-state index < -0.39 is 29.7 Å². The van der Waals surface area contributed by atoms with Crippen molar-refractivity contribution in [3.8, 4) is 11.1 Å². The number of nitrogens with one attached hydrogen (secondary N) is 1. The summed E-state index contributed by atoms with van der Waals surface area (Å²) in [5.41, 5.74) is 8.13. The summed E-state index contributed by atoms with van der Waals surface area (Å²) < 4.78 is 16.8. The molecule has 0 saturated carbocycles. The van der Waals surface area contributed by atoms with Gasteiger partial charge in [-0.25, -0.2) is 0 Å². The van der Waals surface area contributed by atoms with Crippen molar-refractivity contribution in [1.82, 2.24) is 20.2 Å². The Morgan fingerprint density at radius 2 is 1.46 bits per heavy atom. The van der Waals surface area contributed by atoms with Gasteiger partial charge in [-0.15, -0.1) is 0 Å². The lowest BCUT2D eigenvalue weighted by atomic mass is 9.99. The summed E-state index contributed by atoms with van der Waals surface area (Å²) in [4.78, 5) is 100. The highest BCUT2D eigenvalue weighted by Gasteiger charge is 2.45. The summed E-state index contributed by atoms with van der Waals surface area (Å²) in [7, 11) is 0. The van der Waals surface area contributed by atoms with Crippen LogP contribution < -0.4 is 10.2 Å². The smallest absolute Gasteiger partial charge is 0.262 e. The van der Waals surface area contributed by atoms with Crippen LogP contribution in [0.3, 0.4) is 0 Å². The molecule has 15 heteroatoms. The van der Waals surface area contributed by atoms with Gasteiger partial charge in [-0.1, -0.05) is 60.7 Å². The summed E-state index contributed by atoms with van der Waals surface area (Å²) in [5.74, 6) is -2.10. The van der Waals surface area contributed by atoms with Crippen LogP contribution >= 0.6 is 0 Å². The Kier molecular flexibility index (Phi) is 15.2. The molecule has 1 unspecified atom stereocenters. The van der Waals surface area contributed by atoms with Crippen molar-refractivity contribution in [2.24, 2.45) is 0 Å². The average Bonchev–Trinajstić information content (AvgIpc) is 3.87. The molecular formula is C52H51N5O10. The number of piperidine rings is 1.